The minimum atomic E-state index is -0.162. The molecule has 2 N–H and O–H groups in total. The van der Waals surface area contributed by atoms with E-state index in [2.05, 4.69) is 25.9 Å². The lowest BCUT2D eigenvalue weighted by Gasteiger charge is -2.45. The van der Waals surface area contributed by atoms with Crippen LogP contribution in [-0.2, 0) is 13.5 Å². The standard InChI is InChI=1S/C15H26ClN3/c1-10-6-14(3,4)9-15(17,7-10)8-12-13(16)11(2)18-19(12)5/h10H,6-9,17H2,1-5H3. The van der Waals surface area contributed by atoms with Crippen LogP contribution in [0.3, 0.4) is 0 Å². The topological polar surface area (TPSA) is 43.8 Å². The van der Waals surface area contributed by atoms with Crippen LogP contribution in [0, 0.1) is 18.3 Å². The van der Waals surface area contributed by atoms with Crippen LogP contribution in [0.5, 0.6) is 0 Å². The highest BCUT2D eigenvalue weighted by molar-refractivity contribution is 6.31. The van der Waals surface area contributed by atoms with Crippen molar-refractivity contribution in [3.63, 3.8) is 0 Å². The molecule has 0 radical (unpaired) electrons. The molecule has 1 aromatic heterocycles. The number of halogens is 1. The molecular weight excluding hydrogens is 258 g/mol. The van der Waals surface area contributed by atoms with E-state index < -0.39 is 0 Å². The first-order valence-corrected chi connectivity index (χ1v) is 7.47. The molecule has 1 fully saturated rings. The smallest absolute Gasteiger partial charge is 0.0847 e. The first-order valence-electron chi connectivity index (χ1n) is 7.09. The van der Waals surface area contributed by atoms with E-state index in [1.165, 1.54) is 6.42 Å². The van der Waals surface area contributed by atoms with Crippen molar-refractivity contribution < 1.29 is 0 Å². The Kier molecular flexibility index (Phi) is 3.74. The van der Waals surface area contributed by atoms with Crippen LogP contribution in [-0.4, -0.2) is 15.3 Å². The van der Waals surface area contributed by atoms with Gasteiger partial charge in [-0.15, -0.1) is 0 Å². The van der Waals surface area contributed by atoms with Gasteiger partial charge in [0.1, 0.15) is 0 Å². The molecule has 1 heterocycles. The maximum Gasteiger partial charge on any atom is 0.0847 e. The van der Waals surface area contributed by atoms with Gasteiger partial charge in [0.15, 0.2) is 0 Å². The second kappa shape index (κ2) is 4.78. The minimum absolute atomic E-state index is 0.162. The van der Waals surface area contributed by atoms with Gasteiger partial charge >= 0.3 is 0 Å². The molecule has 2 atom stereocenters. The average molecular weight is 284 g/mol. The van der Waals surface area contributed by atoms with Crippen molar-refractivity contribution in [2.75, 3.05) is 0 Å². The highest BCUT2D eigenvalue weighted by Crippen LogP contribution is 2.44. The molecule has 0 spiro atoms. The lowest BCUT2D eigenvalue weighted by molar-refractivity contribution is 0.107. The van der Waals surface area contributed by atoms with Gasteiger partial charge in [0.2, 0.25) is 0 Å². The molecule has 0 aromatic carbocycles. The number of nitrogens with zero attached hydrogens (tertiary/aromatic N) is 2. The van der Waals surface area contributed by atoms with Crippen LogP contribution in [0.15, 0.2) is 0 Å². The first-order chi connectivity index (χ1) is 8.62. The molecular formula is C15H26ClN3. The molecule has 3 nitrogen and oxygen atoms in total. The summed E-state index contributed by atoms with van der Waals surface area (Å²) >= 11 is 6.36. The Morgan fingerprint density at radius 3 is 2.53 bits per heavy atom. The van der Waals surface area contributed by atoms with Crippen LogP contribution in [0.4, 0.5) is 0 Å². The molecule has 19 heavy (non-hydrogen) atoms. The zero-order valence-corrected chi connectivity index (χ0v) is 13.5. The number of rotatable bonds is 2. The minimum Gasteiger partial charge on any atom is -0.325 e. The molecule has 0 bridgehead atoms. The Bertz CT molecular complexity index is 478. The summed E-state index contributed by atoms with van der Waals surface area (Å²) in [5, 5.41) is 5.17. The molecule has 1 aromatic rings. The maximum absolute atomic E-state index is 6.70. The van der Waals surface area contributed by atoms with E-state index in [4.69, 9.17) is 17.3 Å². The highest BCUT2D eigenvalue weighted by atomic mass is 35.5. The highest BCUT2D eigenvalue weighted by Gasteiger charge is 2.41. The summed E-state index contributed by atoms with van der Waals surface area (Å²) in [6.45, 7) is 8.89. The van der Waals surface area contributed by atoms with Gasteiger partial charge in [0.25, 0.3) is 0 Å². The fraction of sp³-hybridized carbons (Fsp3) is 0.800. The number of aromatic nitrogens is 2. The van der Waals surface area contributed by atoms with Crippen LogP contribution in [0.2, 0.25) is 5.02 Å². The summed E-state index contributed by atoms with van der Waals surface area (Å²) in [5.41, 5.74) is 8.82. The zero-order chi connectivity index (χ0) is 14.4. The van der Waals surface area contributed by atoms with Gasteiger partial charge in [-0.3, -0.25) is 4.68 Å². The summed E-state index contributed by atoms with van der Waals surface area (Å²) < 4.78 is 1.89. The van der Waals surface area contributed by atoms with Crippen molar-refractivity contribution in [3.05, 3.63) is 16.4 Å². The van der Waals surface area contributed by atoms with Crippen LogP contribution < -0.4 is 5.73 Å². The van der Waals surface area contributed by atoms with Crippen LogP contribution >= 0.6 is 11.6 Å². The predicted molar refractivity (Wildman–Crippen MR) is 80.4 cm³/mol. The zero-order valence-electron chi connectivity index (χ0n) is 12.8. The number of hydrogen-bond acceptors (Lipinski definition) is 2. The lowest BCUT2D eigenvalue weighted by Crippen LogP contribution is -2.51. The fourth-order valence-corrected chi connectivity index (χ4v) is 4.37. The lowest BCUT2D eigenvalue weighted by atomic mass is 9.63. The number of nitrogens with two attached hydrogens (primary N) is 1. The molecule has 0 amide bonds. The van der Waals surface area contributed by atoms with Crippen molar-refractivity contribution in [1.82, 2.24) is 9.78 Å². The van der Waals surface area contributed by atoms with E-state index >= 15 is 0 Å². The maximum atomic E-state index is 6.70. The third-order valence-electron chi connectivity index (χ3n) is 4.27. The monoisotopic (exact) mass is 283 g/mol. The molecule has 1 aliphatic rings. The molecule has 2 rings (SSSR count). The van der Waals surface area contributed by atoms with Crippen LogP contribution in [0.25, 0.3) is 0 Å². The van der Waals surface area contributed by atoms with Crippen molar-refractivity contribution in [1.29, 1.82) is 0 Å². The van der Waals surface area contributed by atoms with E-state index in [9.17, 15) is 0 Å². The molecule has 0 saturated heterocycles. The summed E-state index contributed by atoms with van der Waals surface area (Å²) in [7, 11) is 1.95. The number of hydrogen-bond donors (Lipinski definition) is 1. The summed E-state index contributed by atoms with van der Waals surface area (Å²) in [4.78, 5) is 0. The molecule has 1 aliphatic carbocycles. The van der Waals surface area contributed by atoms with Gasteiger partial charge in [0.05, 0.1) is 16.4 Å². The van der Waals surface area contributed by atoms with Crippen molar-refractivity contribution >= 4 is 11.6 Å². The Morgan fingerprint density at radius 2 is 2.05 bits per heavy atom. The molecule has 0 aliphatic heterocycles. The molecule has 1 saturated carbocycles. The quantitative estimate of drug-likeness (QED) is 0.903. The third kappa shape index (κ3) is 3.14. The summed E-state index contributed by atoms with van der Waals surface area (Å²) in [5.74, 6) is 0.668. The van der Waals surface area contributed by atoms with Gasteiger partial charge in [0, 0.05) is 19.0 Å². The van der Waals surface area contributed by atoms with Gasteiger partial charge in [-0.05, 0) is 37.5 Å². The van der Waals surface area contributed by atoms with Gasteiger partial charge in [-0.25, -0.2) is 0 Å². The Labute approximate surface area is 121 Å². The largest absolute Gasteiger partial charge is 0.325 e. The summed E-state index contributed by atoms with van der Waals surface area (Å²) in [6.07, 6.45) is 4.18. The SMILES string of the molecule is Cc1nn(C)c(CC2(N)CC(C)CC(C)(C)C2)c1Cl. The Morgan fingerprint density at radius 1 is 1.42 bits per heavy atom. The van der Waals surface area contributed by atoms with E-state index in [-0.39, 0.29) is 5.54 Å². The fourth-order valence-electron chi connectivity index (χ4n) is 4.15. The van der Waals surface area contributed by atoms with Crippen molar-refractivity contribution in [3.8, 4) is 0 Å². The van der Waals surface area contributed by atoms with E-state index in [1.54, 1.807) is 0 Å². The summed E-state index contributed by atoms with van der Waals surface area (Å²) in [6, 6.07) is 0. The first kappa shape index (κ1) is 14.9. The Hall–Kier alpha value is -0.540. The van der Waals surface area contributed by atoms with E-state index in [0.29, 0.717) is 11.3 Å². The van der Waals surface area contributed by atoms with Crippen LogP contribution in [0.1, 0.15) is 51.4 Å². The Balaban J connectivity index is 2.26. The van der Waals surface area contributed by atoms with Crippen molar-refractivity contribution in [2.45, 2.75) is 58.9 Å². The second-order valence-electron chi connectivity index (χ2n) is 7.36. The normalized spacial score (nSPS) is 30.6. The molecule has 4 heteroatoms. The second-order valence-corrected chi connectivity index (χ2v) is 7.74. The molecule has 108 valence electrons. The van der Waals surface area contributed by atoms with Gasteiger partial charge < -0.3 is 5.73 Å². The van der Waals surface area contributed by atoms with E-state index in [1.807, 2.05) is 18.7 Å². The predicted octanol–water partition coefficient (Wildman–Crippen LogP) is 3.47. The average Bonchev–Trinajstić information content (AvgIpc) is 2.41. The van der Waals surface area contributed by atoms with Crippen molar-refractivity contribution in [2.24, 2.45) is 24.1 Å². The van der Waals surface area contributed by atoms with Gasteiger partial charge in [-0.1, -0.05) is 32.4 Å². The van der Waals surface area contributed by atoms with Gasteiger partial charge in [-0.2, -0.15) is 5.10 Å². The molecule has 2 unspecified atom stereocenters. The van der Waals surface area contributed by atoms with E-state index in [0.717, 1.165) is 35.7 Å². The number of aryl methyl sites for hydroxylation is 2. The third-order valence-corrected chi connectivity index (χ3v) is 4.76.